The molecule has 1 aromatic heterocycles. The third-order valence-corrected chi connectivity index (χ3v) is 3.47. The number of hydrogen-bond donors (Lipinski definition) is 4. The number of aryl methyl sites for hydroxylation is 2. The number of nitrogens with one attached hydrogen (secondary N) is 4. The van der Waals surface area contributed by atoms with Crippen LogP contribution in [0.1, 0.15) is 51.8 Å². The molecule has 0 atom stereocenters. The molecule has 0 unspecified atom stereocenters. The second-order valence-electron chi connectivity index (χ2n) is 7.09. The van der Waals surface area contributed by atoms with E-state index in [9.17, 15) is 4.79 Å². The summed E-state index contributed by atoms with van der Waals surface area (Å²) in [5.74, 6) is 0.800. The van der Waals surface area contributed by atoms with Crippen molar-refractivity contribution in [1.29, 1.82) is 0 Å². The largest absolute Gasteiger partial charge is 0.444 e. The molecule has 1 amide bonds. The summed E-state index contributed by atoms with van der Waals surface area (Å²) in [4.78, 5) is 16.1. The molecule has 1 aromatic rings. The first-order valence-electron chi connectivity index (χ1n) is 9.29. The molecule has 0 saturated heterocycles. The number of carbonyl (C=O) groups excluding carboxylic acids is 1. The number of nitrogens with zero attached hydrogens (tertiary/aromatic N) is 2. The molecule has 1 rings (SSSR count). The van der Waals surface area contributed by atoms with Gasteiger partial charge in [-0.1, -0.05) is 0 Å². The Kier molecular flexibility index (Phi) is 9.54. The molecule has 0 fully saturated rings. The van der Waals surface area contributed by atoms with E-state index >= 15 is 0 Å². The lowest BCUT2D eigenvalue weighted by Gasteiger charge is -2.19. The molecule has 0 aromatic carbocycles. The quantitative estimate of drug-likeness (QED) is 0.304. The molecule has 8 nitrogen and oxygen atoms in total. The Bertz CT molecular complexity index is 562. The zero-order valence-electron chi connectivity index (χ0n) is 16.7. The Labute approximate surface area is 156 Å². The minimum absolute atomic E-state index is 0.388. The highest BCUT2D eigenvalue weighted by atomic mass is 16.6. The molecular weight excluding hydrogens is 332 g/mol. The Hall–Kier alpha value is -2.25. The second-order valence-corrected chi connectivity index (χ2v) is 7.09. The van der Waals surface area contributed by atoms with E-state index in [0.717, 1.165) is 44.0 Å². The van der Waals surface area contributed by atoms with Gasteiger partial charge < -0.3 is 20.7 Å². The summed E-state index contributed by atoms with van der Waals surface area (Å²) in [5, 5.41) is 16.3. The number of H-pyrrole nitrogens is 1. The molecule has 8 heteroatoms. The predicted octanol–water partition coefficient (Wildman–Crippen LogP) is 2.12. The number of rotatable bonds is 9. The lowest BCUT2D eigenvalue weighted by atomic mass is 10.1. The van der Waals surface area contributed by atoms with E-state index < -0.39 is 5.60 Å². The number of aromatic nitrogens is 2. The average Bonchev–Trinajstić information content (AvgIpc) is 2.94. The van der Waals surface area contributed by atoms with Crippen LogP contribution in [0.5, 0.6) is 0 Å². The lowest BCUT2D eigenvalue weighted by Crippen LogP contribution is -2.38. The van der Waals surface area contributed by atoms with Crippen LogP contribution in [0.2, 0.25) is 0 Å². The van der Waals surface area contributed by atoms with E-state index in [1.807, 2.05) is 40.8 Å². The van der Waals surface area contributed by atoms with Gasteiger partial charge in [-0.25, -0.2) is 4.79 Å². The molecule has 0 spiro atoms. The van der Waals surface area contributed by atoms with Gasteiger partial charge in [0, 0.05) is 31.9 Å². The number of hydrogen-bond acceptors (Lipinski definition) is 4. The summed E-state index contributed by atoms with van der Waals surface area (Å²) >= 11 is 0. The molecule has 0 aliphatic carbocycles. The van der Waals surface area contributed by atoms with Gasteiger partial charge in [-0.2, -0.15) is 5.10 Å². The van der Waals surface area contributed by atoms with Crippen LogP contribution < -0.4 is 16.0 Å². The van der Waals surface area contributed by atoms with Crippen molar-refractivity contribution < 1.29 is 9.53 Å². The van der Waals surface area contributed by atoms with E-state index in [0.29, 0.717) is 13.1 Å². The SMILES string of the molecule is CCNC(=NCCCNC(=O)OC(C)(C)C)NCCCc1cn[nH]c1C. The number of carbonyl (C=O) groups is 1. The Morgan fingerprint density at radius 2 is 1.96 bits per heavy atom. The Morgan fingerprint density at radius 1 is 1.23 bits per heavy atom. The highest BCUT2D eigenvalue weighted by Gasteiger charge is 2.15. The van der Waals surface area contributed by atoms with Crippen molar-refractivity contribution in [1.82, 2.24) is 26.1 Å². The third-order valence-electron chi connectivity index (χ3n) is 3.47. The normalized spacial score (nSPS) is 12.0. The van der Waals surface area contributed by atoms with Crippen molar-refractivity contribution in [3.63, 3.8) is 0 Å². The zero-order valence-corrected chi connectivity index (χ0v) is 16.7. The van der Waals surface area contributed by atoms with Gasteiger partial charge in [-0.3, -0.25) is 10.1 Å². The van der Waals surface area contributed by atoms with E-state index in [1.54, 1.807) is 0 Å². The number of aromatic amines is 1. The molecule has 0 aliphatic rings. The van der Waals surface area contributed by atoms with Crippen LogP contribution in [-0.2, 0) is 11.2 Å². The smallest absolute Gasteiger partial charge is 0.407 e. The standard InChI is InChI=1S/C18H34N6O2/c1-6-19-16(20-10-7-9-15-13-23-24-14(15)2)21-11-8-12-22-17(25)26-18(3,4)5/h13H,6-12H2,1-5H3,(H,22,25)(H,23,24)(H2,19,20,21). The van der Waals surface area contributed by atoms with Crippen molar-refractivity contribution in [2.24, 2.45) is 4.99 Å². The van der Waals surface area contributed by atoms with Crippen LogP contribution in [0.3, 0.4) is 0 Å². The fourth-order valence-electron chi connectivity index (χ4n) is 2.23. The highest BCUT2D eigenvalue weighted by Crippen LogP contribution is 2.06. The lowest BCUT2D eigenvalue weighted by molar-refractivity contribution is 0.0527. The summed E-state index contributed by atoms with van der Waals surface area (Å²) in [7, 11) is 0. The molecule has 4 N–H and O–H groups in total. The third kappa shape index (κ3) is 9.90. The topological polar surface area (TPSA) is 103 Å². The van der Waals surface area contributed by atoms with E-state index in [-0.39, 0.29) is 6.09 Å². The predicted molar refractivity (Wildman–Crippen MR) is 104 cm³/mol. The minimum Gasteiger partial charge on any atom is -0.444 e. The monoisotopic (exact) mass is 366 g/mol. The number of alkyl carbamates (subject to hydrolysis) is 1. The van der Waals surface area contributed by atoms with E-state index in [4.69, 9.17) is 4.74 Å². The Balaban J connectivity index is 2.21. The molecule has 0 radical (unpaired) electrons. The van der Waals surface area contributed by atoms with Crippen LogP contribution in [-0.4, -0.2) is 54.0 Å². The number of guanidine groups is 1. The first kappa shape index (κ1) is 21.8. The summed E-state index contributed by atoms with van der Waals surface area (Å²) in [6.07, 6.45) is 4.23. The summed E-state index contributed by atoms with van der Waals surface area (Å²) < 4.78 is 5.19. The van der Waals surface area contributed by atoms with Gasteiger partial charge in [0.15, 0.2) is 5.96 Å². The summed E-state index contributed by atoms with van der Waals surface area (Å²) in [6.45, 7) is 12.4. The van der Waals surface area contributed by atoms with Gasteiger partial charge >= 0.3 is 6.09 Å². The van der Waals surface area contributed by atoms with Crippen LogP contribution in [0.15, 0.2) is 11.2 Å². The minimum atomic E-state index is -0.473. The molecule has 1 heterocycles. The van der Waals surface area contributed by atoms with Gasteiger partial charge in [0.1, 0.15) is 5.60 Å². The van der Waals surface area contributed by atoms with Crippen LogP contribution in [0, 0.1) is 6.92 Å². The number of aliphatic imine (C=N–C) groups is 1. The molecule has 148 valence electrons. The maximum atomic E-state index is 11.6. The second kappa shape index (κ2) is 11.4. The zero-order chi connectivity index (χ0) is 19.4. The first-order valence-corrected chi connectivity index (χ1v) is 9.29. The first-order chi connectivity index (χ1) is 12.3. The van der Waals surface area contributed by atoms with E-state index in [2.05, 4.69) is 31.1 Å². The summed E-state index contributed by atoms with van der Waals surface area (Å²) in [5.41, 5.74) is 1.91. The molecular formula is C18H34N6O2. The van der Waals surface area contributed by atoms with Gasteiger partial charge in [0.05, 0.1) is 6.20 Å². The highest BCUT2D eigenvalue weighted by molar-refractivity contribution is 5.79. The van der Waals surface area contributed by atoms with Crippen LogP contribution >= 0.6 is 0 Å². The van der Waals surface area contributed by atoms with Gasteiger partial charge in [-0.05, 0) is 59.4 Å². The van der Waals surface area contributed by atoms with E-state index in [1.165, 1.54) is 5.56 Å². The number of amides is 1. The van der Waals surface area contributed by atoms with Crippen LogP contribution in [0.4, 0.5) is 4.79 Å². The van der Waals surface area contributed by atoms with Crippen molar-refractivity contribution in [3.05, 3.63) is 17.5 Å². The summed E-state index contributed by atoms with van der Waals surface area (Å²) in [6, 6.07) is 0. The van der Waals surface area contributed by atoms with Crippen molar-refractivity contribution in [3.8, 4) is 0 Å². The Morgan fingerprint density at radius 3 is 2.58 bits per heavy atom. The van der Waals surface area contributed by atoms with Gasteiger partial charge in [-0.15, -0.1) is 0 Å². The molecule has 26 heavy (non-hydrogen) atoms. The fraction of sp³-hybridized carbons (Fsp3) is 0.722. The average molecular weight is 367 g/mol. The maximum absolute atomic E-state index is 11.6. The van der Waals surface area contributed by atoms with Gasteiger partial charge in [0.2, 0.25) is 0 Å². The van der Waals surface area contributed by atoms with Gasteiger partial charge in [0.25, 0.3) is 0 Å². The van der Waals surface area contributed by atoms with Crippen LogP contribution in [0.25, 0.3) is 0 Å². The fourth-order valence-corrected chi connectivity index (χ4v) is 2.23. The molecule has 0 aliphatic heterocycles. The van der Waals surface area contributed by atoms with Crippen molar-refractivity contribution in [2.75, 3.05) is 26.2 Å². The molecule has 0 bridgehead atoms. The molecule has 0 saturated carbocycles. The van der Waals surface area contributed by atoms with Crippen molar-refractivity contribution >= 4 is 12.1 Å². The van der Waals surface area contributed by atoms with Crippen molar-refractivity contribution in [2.45, 2.75) is 59.5 Å². The maximum Gasteiger partial charge on any atom is 0.407 e. The number of ether oxygens (including phenoxy) is 1.